The molecule has 0 saturated heterocycles. The second kappa shape index (κ2) is 5.31. The van der Waals surface area contributed by atoms with E-state index in [-0.39, 0.29) is 12.5 Å². The third-order valence-electron chi connectivity index (χ3n) is 1.96. The molecule has 0 bridgehead atoms. The summed E-state index contributed by atoms with van der Waals surface area (Å²) in [5.41, 5.74) is 0.521. The largest absolute Gasteiger partial charge is 0.395 e. The Morgan fingerprint density at radius 3 is 3.00 bits per heavy atom. The highest BCUT2D eigenvalue weighted by Gasteiger charge is 2.15. The summed E-state index contributed by atoms with van der Waals surface area (Å²) < 4.78 is 1.57. The third-order valence-corrected chi connectivity index (χ3v) is 1.96. The molecule has 15 heavy (non-hydrogen) atoms. The summed E-state index contributed by atoms with van der Waals surface area (Å²) in [6, 6.07) is 0. The van der Waals surface area contributed by atoms with Crippen molar-refractivity contribution in [2.24, 2.45) is 7.05 Å². The van der Waals surface area contributed by atoms with Crippen LogP contribution in [0.1, 0.15) is 10.4 Å². The summed E-state index contributed by atoms with van der Waals surface area (Å²) in [6.07, 6.45) is 4.79. The van der Waals surface area contributed by atoms with Crippen LogP contribution < -0.4 is 0 Å². The average Bonchev–Trinajstić information content (AvgIpc) is 2.63. The van der Waals surface area contributed by atoms with E-state index in [1.165, 1.54) is 11.1 Å². The summed E-state index contributed by atoms with van der Waals surface area (Å²) in [4.78, 5) is 13.4. The Morgan fingerprint density at radius 2 is 2.53 bits per heavy atom. The Hall–Kier alpha value is -1.62. The number of aryl methyl sites for hydroxylation is 1. The Kier molecular flexibility index (Phi) is 4.05. The molecule has 0 unspecified atom stereocenters. The summed E-state index contributed by atoms with van der Waals surface area (Å²) >= 11 is 0. The summed E-state index contributed by atoms with van der Waals surface area (Å²) in [6.45, 7) is 4.24. The van der Waals surface area contributed by atoms with Gasteiger partial charge >= 0.3 is 0 Å². The van der Waals surface area contributed by atoms with Gasteiger partial charge < -0.3 is 10.0 Å². The Bertz CT molecular complexity index is 346. The van der Waals surface area contributed by atoms with Gasteiger partial charge in [-0.2, -0.15) is 5.10 Å². The quantitative estimate of drug-likeness (QED) is 0.697. The summed E-state index contributed by atoms with van der Waals surface area (Å²) in [7, 11) is 1.75. The molecule has 0 spiro atoms. The smallest absolute Gasteiger partial charge is 0.257 e. The van der Waals surface area contributed by atoms with E-state index in [1.54, 1.807) is 24.0 Å². The van der Waals surface area contributed by atoms with E-state index < -0.39 is 0 Å². The van der Waals surface area contributed by atoms with Crippen molar-refractivity contribution in [3.63, 3.8) is 0 Å². The second-order valence-corrected chi connectivity index (χ2v) is 3.17. The minimum Gasteiger partial charge on any atom is -0.395 e. The zero-order chi connectivity index (χ0) is 11.3. The van der Waals surface area contributed by atoms with Crippen LogP contribution in [-0.4, -0.2) is 45.4 Å². The molecule has 1 aromatic heterocycles. The van der Waals surface area contributed by atoms with Gasteiger partial charge in [0.15, 0.2) is 0 Å². The van der Waals surface area contributed by atoms with E-state index in [0.29, 0.717) is 18.7 Å². The standard InChI is InChI=1S/C10H15N3O2/c1-3-4-13(5-6-14)10(15)9-7-11-12(2)8-9/h3,7-8,14H,1,4-6H2,2H3. The topological polar surface area (TPSA) is 58.4 Å². The van der Waals surface area contributed by atoms with Gasteiger partial charge in [0.1, 0.15) is 0 Å². The van der Waals surface area contributed by atoms with Gasteiger partial charge in [-0.25, -0.2) is 0 Å². The first-order chi connectivity index (χ1) is 7.19. The van der Waals surface area contributed by atoms with E-state index >= 15 is 0 Å². The van der Waals surface area contributed by atoms with Crippen LogP contribution >= 0.6 is 0 Å². The second-order valence-electron chi connectivity index (χ2n) is 3.17. The highest BCUT2D eigenvalue weighted by Crippen LogP contribution is 2.03. The fourth-order valence-electron chi connectivity index (χ4n) is 1.27. The monoisotopic (exact) mass is 209 g/mol. The maximum atomic E-state index is 11.9. The number of amides is 1. The number of carbonyl (C=O) groups excluding carboxylic acids is 1. The molecule has 82 valence electrons. The molecule has 0 aliphatic rings. The van der Waals surface area contributed by atoms with E-state index in [1.807, 2.05) is 0 Å². The molecule has 0 aromatic carbocycles. The van der Waals surface area contributed by atoms with Crippen LogP contribution in [-0.2, 0) is 7.05 Å². The molecule has 5 heteroatoms. The minimum absolute atomic E-state index is 0.0557. The highest BCUT2D eigenvalue weighted by molar-refractivity contribution is 5.93. The fourth-order valence-corrected chi connectivity index (χ4v) is 1.27. The molecule has 1 rings (SSSR count). The first-order valence-electron chi connectivity index (χ1n) is 4.68. The van der Waals surface area contributed by atoms with Crippen molar-refractivity contribution >= 4 is 5.91 Å². The number of carbonyl (C=O) groups is 1. The van der Waals surface area contributed by atoms with Gasteiger partial charge in [-0.1, -0.05) is 6.08 Å². The summed E-state index contributed by atoms with van der Waals surface area (Å²) in [5, 5.41) is 12.7. The Morgan fingerprint density at radius 1 is 1.80 bits per heavy atom. The zero-order valence-electron chi connectivity index (χ0n) is 8.76. The van der Waals surface area contributed by atoms with Gasteiger partial charge in [0.05, 0.1) is 18.4 Å². The average molecular weight is 209 g/mol. The molecule has 0 aliphatic heterocycles. The molecule has 0 radical (unpaired) electrons. The van der Waals surface area contributed by atoms with Crippen LogP contribution in [0, 0.1) is 0 Å². The number of aliphatic hydroxyl groups excluding tert-OH is 1. The van der Waals surface area contributed by atoms with E-state index in [0.717, 1.165) is 0 Å². The molecule has 0 saturated carbocycles. The fraction of sp³-hybridized carbons (Fsp3) is 0.400. The molecule has 1 N–H and O–H groups in total. The number of nitrogens with zero attached hydrogens (tertiary/aromatic N) is 3. The number of hydrogen-bond acceptors (Lipinski definition) is 3. The molecule has 0 aliphatic carbocycles. The number of aromatic nitrogens is 2. The highest BCUT2D eigenvalue weighted by atomic mass is 16.3. The molecular weight excluding hydrogens is 194 g/mol. The lowest BCUT2D eigenvalue weighted by atomic mass is 10.3. The van der Waals surface area contributed by atoms with Crippen LogP contribution in [0.25, 0.3) is 0 Å². The first-order valence-corrected chi connectivity index (χ1v) is 4.68. The third kappa shape index (κ3) is 2.92. The van der Waals surface area contributed by atoms with Crippen molar-refractivity contribution in [1.29, 1.82) is 0 Å². The molecule has 1 aromatic rings. The first kappa shape index (κ1) is 11.5. The lowest BCUT2D eigenvalue weighted by Gasteiger charge is -2.18. The van der Waals surface area contributed by atoms with Crippen molar-refractivity contribution < 1.29 is 9.90 Å². The van der Waals surface area contributed by atoms with Gasteiger partial charge in [0.2, 0.25) is 0 Å². The van der Waals surface area contributed by atoms with Crippen LogP contribution in [0.2, 0.25) is 0 Å². The van der Waals surface area contributed by atoms with Gasteiger partial charge in [0.25, 0.3) is 5.91 Å². The van der Waals surface area contributed by atoms with E-state index in [4.69, 9.17) is 5.11 Å². The van der Waals surface area contributed by atoms with Crippen molar-refractivity contribution in [2.75, 3.05) is 19.7 Å². The van der Waals surface area contributed by atoms with E-state index in [2.05, 4.69) is 11.7 Å². The molecule has 0 fully saturated rings. The van der Waals surface area contributed by atoms with Gasteiger partial charge in [-0.3, -0.25) is 9.48 Å². The van der Waals surface area contributed by atoms with Crippen LogP contribution in [0.3, 0.4) is 0 Å². The maximum absolute atomic E-state index is 11.9. The lowest BCUT2D eigenvalue weighted by Crippen LogP contribution is -2.33. The maximum Gasteiger partial charge on any atom is 0.257 e. The van der Waals surface area contributed by atoms with Crippen molar-refractivity contribution in [3.05, 3.63) is 30.6 Å². The van der Waals surface area contributed by atoms with Crippen LogP contribution in [0.5, 0.6) is 0 Å². The van der Waals surface area contributed by atoms with Crippen LogP contribution in [0.15, 0.2) is 25.0 Å². The van der Waals surface area contributed by atoms with Crippen molar-refractivity contribution in [1.82, 2.24) is 14.7 Å². The molecule has 1 amide bonds. The predicted molar refractivity (Wildman–Crippen MR) is 56.4 cm³/mol. The van der Waals surface area contributed by atoms with Crippen molar-refractivity contribution in [3.8, 4) is 0 Å². The summed E-state index contributed by atoms with van der Waals surface area (Å²) in [5.74, 6) is -0.142. The molecule has 0 atom stereocenters. The van der Waals surface area contributed by atoms with Crippen molar-refractivity contribution in [2.45, 2.75) is 0 Å². The van der Waals surface area contributed by atoms with Crippen LogP contribution in [0.4, 0.5) is 0 Å². The SMILES string of the molecule is C=CCN(CCO)C(=O)c1cnn(C)c1. The lowest BCUT2D eigenvalue weighted by molar-refractivity contribution is 0.0743. The number of aliphatic hydroxyl groups is 1. The molecular formula is C10H15N3O2. The Labute approximate surface area is 88.6 Å². The van der Waals surface area contributed by atoms with Gasteiger partial charge in [0, 0.05) is 26.3 Å². The minimum atomic E-state index is -0.142. The number of rotatable bonds is 5. The van der Waals surface area contributed by atoms with Gasteiger partial charge in [-0.15, -0.1) is 6.58 Å². The molecule has 5 nitrogen and oxygen atoms in total. The normalized spacial score (nSPS) is 10.0. The number of hydrogen-bond donors (Lipinski definition) is 1. The zero-order valence-corrected chi connectivity index (χ0v) is 8.76. The van der Waals surface area contributed by atoms with E-state index in [9.17, 15) is 4.79 Å². The predicted octanol–water partition coefficient (Wildman–Crippen LogP) is 0.0406. The van der Waals surface area contributed by atoms with Gasteiger partial charge in [-0.05, 0) is 0 Å². The molecule has 1 heterocycles. The Balaban J connectivity index is 2.75.